The van der Waals surface area contributed by atoms with E-state index in [2.05, 4.69) is 5.32 Å². The van der Waals surface area contributed by atoms with Crippen molar-refractivity contribution in [1.29, 1.82) is 0 Å². The van der Waals surface area contributed by atoms with Crippen molar-refractivity contribution in [1.82, 2.24) is 0 Å². The highest BCUT2D eigenvalue weighted by Crippen LogP contribution is 2.19. The van der Waals surface area contributed by atoms with Crippen molar-refractivity contribution in [3.8, 4) is 0 Å². The average Bonchev–Trinajstić information content (AvgIpc) is 2.55. The van der Waals surface area contributed by atoms with Gasteiger partial charge in [-0.05, 0) is 36.8 Å². The Balaban J connectivity index is 1.98. The van der Waals surface area contributed by atoms with Crippen LogP contribution in [-0.4, -0.2) is 18.0 Å². The first kappa shape index (κ1) is 16.5. The molecule has 0 aliphatic heterocycles. The van der Waals surface area contributed by atoms with Gasteiger partial charge in [0.25, 0.3) is 5.91 Å². The van der Waals surface area contributed by atoms with Crippen molar-refractivity contribution in [2.24, 2.45) is 0 Å². The van der Waals surface area contributed by atoms with Crippen LogP contribution in [0.5, 0.6) is 0 Å². The zero-order valence-corrected chi connectivity index (χ0v) is 13.2. The maximum atomic E-state index is 12.1. The summed E-state index contributed by atoms with van der Waals surface area (Å²) < 4.78 is 5.05. The van der Waals surface area contributed by atoms with E-state index in [1.807, 2.05) is 49.4 Å². The third-order valence-electron chi connectivity index (χ3n) is 3.22. The van der Waals surface area contributed by atoms with Gasteiger partial charge in [0.15, 0.2) is 6.10 Å². The van der Waals surface area contributed by atoms with E-state index in [1.54, 1.807) is 18.2 Å². The maximum absolute atomic E-state index is 12.1. The average molecular weight is 309 g/mol. The Labute approximate surface area is 135 Å². The van der Waals surface area contributed by atoms with Gasteiger partial charge in [0.05, 0.1) is 0 Å². The lowest BCUT2D eigenvalue weighted by molar-refractivity contribution is -0.148. The van der Waals surface area contributed by atoms with Crippen LogP contribution in [0.3, 0.4) is 0 Å². The number of hydrogen-bond donors (Lipinski definition) is 1. The van der Waals surface area contributed by atoms with Crippen LogP contribution in [0, 0.1) is 0 Å². The zero-order chi connectivity index (χ0) is 16.7. The molecule has 0 spiro atoms. The minimum Gasteiger partial charge on any atom is -0.449 e. The largest absolute Gasteiger partial charge is 0.449 e. The fourth-order valence-corrected chi connectivity index (χ4v) is 2.02. The van der Waals surface area contributed by atoms with Gasteiger partial charge in [0.1, 0.15) is 0 Å². The molecule has 1 N–H and O–H groups in total. The molecule has 0 saturated heterocycles. The van der Waals surface area contributed by atoms with Crippen LogP contribution in [0.25, 0.3) is 10.8 Å². The van der Waals surface area contributed by atoms with E-state index in [-0.39, 0.29) is 5.91 Å². The van der Waals surface area contributed by atoms with Gasteiger partial charge in [0, 0.05) is 11.8 Å². The van der Waals surface area contributed by atoms with Crippen LogP contribution in [0.1, 0.15) is 13.8 Å². The summed E-state index contributed by atoms with van der Waals surface area (Å²) >= 11 is 0. The number of rotatable bonds is 5. The third kappa shape index (κ3) is 4.81. The van der Waals surface area contributed by atoms with Gasteiger partial charge >= 0.3 is 5.97 Å². The Kier molecular flexibility index (Phi) is 5.69. The number of fused-ring (bicyclic) bond motifs is 1. The van der Waals surface area contributed by atoms with Crippen LogP contribution in [0.15, 0.2) is 66.8 Å². The van der Waals surface area contributed by atoms with Gasteiger partial charge in [-0.25, -0.2) is 4.79 Å². The molecule has 2 aromatic rings. The molecular weight excluding hydrogens is 290 g/mol. The predicted octanol–water partition coefficient (Wildman–Crippen LogP) is 3.84. The number of anilines is 1. The van der Waals surface area contributed by atoms with Gasteiger partial charge in [-0.15, -0.1) is 0 Å². The molecule has 0 aromatic heterocycles. The second-order valence-electron chi connectivity index (χ2n) is 5.02. The highest BCUT2D eigenvalue weighted by molar-refractivity contribution is 5.98. The number of carbonyl (C=O) groups is 2. The molecule has 23 heavy (non-hydrogen) atoms. The molecule has 0 bridgehead atoms. The first-order valence-corrected chi connectivity index (χ1v) is 7.40. The molecule has 0 aliphatic rings. The summed E-state index contributed by atoms with van der Waals surface area (Å²) in [5, 5.41) is 4.88. The molecule has 118 valence electrons. The molecule has 1 atom stereocenters. The second kappa shape index (κ2) is 7.94. The number of benzene rings is 2. The minimum atomic E-state index is -0.871. The highest BCUT2D eigenvalue weighted by Gasteiger charge is 2.16. The number of nitrogens with one attached hydrogen (secondary N) is 1. The Bertz CT molecular complexity index is 762. The quantitative estimate of drug-likeness (QED) is 0.518. The molecule has 4 heteroatoms. The molecule has 2 rings (SSSR count). The Hall–Kier alpha value is -2.88. The standard InChI is InChI=1S/C19H19NO3/c1-3-4-5-10-18(21)23-14(2)19(22)20-17-12-11-15-8-6-7-9-16(15)13-17/h3-14H,1-2H3,(H,20,22)/b4-3+,10-5+/t14-/m1/s1. The summed E-state index contributed by atoms with van der Waals surface area (Å²) in [5.74, 6) is -0.919. The van der Waals surface area contributed by atoms with E-state index < -0.39 is 12.1 Å². The number of carbonyl (C=O) groups excluding carboxylic acids is 2. The van der Waals surface area contributed by atoms with Crippen molar-refractivity contribution in [3.05, 3.63) is 66.8 Å². The van der Waals surface area contributed by atoms with Gasteiger partial charge in [-0.3, -0.25) is 4.79 Å². The van der Waals surface area contributed by atoms with Crippen molar-refractivity contribution >= 4 is 28.3 Å². The van der Waals surface area contributed by atoms with Crippen LogP contribution < -0.4 is 5.32 Å². The van der Waals surface area contributed by atoms with Crippen LogP contribution in [0.4, 0.5) is 5.69 Å². The van der Waals surface area contributed by atoms with Gasteiger partial charge in [-0.1, -0.05) is 48.6 Å². The predicted molar refractivity (Wildman–Crippen MR) is 92.1 cm³/mol. The van der Waals surface area contributed by atoms with Gasteiger partial charge in [0.2, 0.25) is 0 Å². The number of esters is 1. The lowest BCUT2D eigenvalue weighted by atomic mass is 10.1. The van der Waals surface area contributed by atoms with Gasteiger partial charge < -0.3 is 10.1 Å². The van der Waals surface area contributed by atoms with Crippen LogP contribution in [0.2, 0.25) is 0 Å². The SMILES string of the molecule is C/C=C/C=C/C(=O)O[C@H](C)C(=O)Nc1ccc2ccccc2c1. The molecule has 4 nitrogen and oxygen atoms in total. The zero-order valence-electron chi connectivity index (χ0n) is 13.2. The molecule has 2 aromatic carbocycles. The van der Waals surface area contributed by atoms with E-state index in [1.165, 1.54) is 13.0 Å². The molecule has 0 saturated carbocycles. The maximum Gasteiger partial charge on any atom is 0.331 e. The summed E-state index contributed by atoms with van der Waals surface area (Å²) in [6.07, 6.45) is 5.47. The van der Waals surface area contributed by atoms with Crippen molar-refractivity contribution in [3.63, 3.8) is 0 Å². The molecular formula is C19H19NO3. The van der Waals surface area contributed by atoms with E-state index in [4.69, 9.17) is 4.74 Å². The fourth-order valence-electron chi connectivity index (χ4n) is 2.02. The summed E-state index contributed by atoms with van der Waals surface area (Å²) in [6.45, 7) is 3.38. The lowest BCUT2D eigenvalue weighted by Gasteiger charge is -2.12. The van der Waals surface area contributed by atoms with Crippen LogP contribution in [-0.2, 0) is 14.3 Å². The first-order chi connectivity index (χ1) is 11.1. The molecule has 0 fully saturated rings. The summed E-state index contributed by atoms with van der Waals surface area (Å²) in [4.78, 5) is 23.6. The second-order valence-corrected chi connectivity index (χ2v) is 5.02. The Morgan fingerprint density at radius 2 is 1.83 bits per heavy atom. The molecule has 1 amide bonds. The highest BCUT2D eigenvalue weighted by atomic mass is 16.5. The van der Waals surface area contributed by atoms with E-state index in [9.17, 15) is 9.59 Å². The molecule has 0 aliphatic carbocycles. The van der Waals surface area contributed by atoms with Crippen molar-refractivity contribution < 1.29 is 14.3 Å². The monoisotopic (exact) mass is 309 g/mol. The lowest BCUT2D eigenvalue weighted by Crippen LogP contribution is -2.29. The Morgan fingerprint density at radius 1 is 1.09 bits per heavy atom. The third-order valence-corrected chi connectivity index (χ3v) is 3.22. The first-order valence-electron chi connectivity index (χ1n) is 7.40. The smallest absolute Gasteiger partial charge is 0.331 e. The molecule has 0 heterocycles. The summed E-state index contributed by atoms with van der Waals surface area (Å²) in [5.41, 5.74) is 0.668. The summed E-state index contributed by atoms with van der Waals surface area (Å²) in [6, 6.07) is 13.5. The van der Waals surface area contributed by atoms with Crippen molar-refractivity contribution in [2.75, 3.05) is 5.32 Å². The topological polar surface area (TPSA) is 55.4 Å². The number of hydrogen-bond acceptors (Lipinski definition) is 3. The van der Waals surface area contributed by atoms with E-state index in [0.29, 0.717) is 5.69 Å². The van der Waals surface area contributed by atoms with Gasteiger partial charge in [-0.2, -0.15) is 0 Å². The minimum absolute atomic E-state index is 0.368. The van der Waals surface area contributed by atoms with E-state index >= 15 is 0 Å². The number of allylic oxidation sites excluding steroid dienone is 3. The number of amides is 1. The normalized spacial score (nSPS) is 12.6. The fraction of sp³-hybridized carbons (Fsp3) is 0.158. The molecule has 0 radical (unpaired) electrons. The Morgan fingerprint density at radius 3 is 2.57 bits per heavy atom. The summed E-state index contributed by atoms with van der Waals surface area (Å²) in [7, 11) is 0. The van der Waals surface area contributed by atoms with Crippen LogP contribution >= 0.6 is 0 Å². The van der Waals surface area contributed by atoms with E-state index in [0.717, 1.165) is 10.8 Å². The number of ether oxygens (including phenoxy) is 1. The van der Waals surface area contributed by atoms with Crippen molar-refractivity contribution in [2.45, 2.75) is 20.0 Å². The molecule has 0 unspecified atom stereocenters.